The second-order valence-corrected chi connectivity index (χ2v) is 12.8. The third-order valence-electron chi connectivity index (χ3n) is 9.67. The third kappa shape index (κ3) is 3.03. The molecule has 0 fully saturated rings. The summed E-state index contributed by atoms with van der Waals surface area (Å²) in [6.45, 7) is 0. The van der Waals surface area contributed by atoms with Gasteiger partial charge in [0.1, 0.15) is 0 Å². The molecule has 200 valence electrons. The summed E-state index contributed by atoms with van der Waals surface area (Å²) in [5.41, 5.74) is 12.7. The van der Waals surface area contributed by atoms with Crippen LogP contribution < -0.4 is 0 Å². The van der Waals surface area contributed by atoms with Crippen LogP contribution in [0.25, 0.3) is 54.8 Å². The average Bonchev–Trinajstić information content (AvgIpc) is 3.58. The SMILES string of the molecule is c1ccc2c(c1)Sc1ccccc1C21c2ccc(-c3ccc4[nH]c5ccccc5c4c3)cc2-c2c1ccc1ccccc21. The summed E-state index contributed by atoms with van der Waals surface area (Å²) in [7, 11) is 0. The zero-order valence-corrected chi connectivity index (χ0v) is 24.1. The van der Waals surface area contributed by atoms with Gasteiger partial charge in [0, 0.05) is 31.6 Å². The van der Waals surface area contributed by atoms with Crippen molar-refractivity contribution < 1.29 is 0 Å². The first-order valence-electron chi connectivity index (χ1n) is 14.9. The fraction of sp³-hybridized carbons (Fsp3) is 0.0244. The van der Waals surface area contributed by atoms with Crippen LogP contribution in [0.15, 0.2) is 155 Å². The van der Waals surface area contributed by atoms with Gasteiger partial charge in [0.15, 0.2) is 0 Å². The van der Waals surface area contributed by atoms with E-state index in [1.54, 1.807) is 0 Å². The smallest absolute Gasteiger partial charge is 0.0735 e. The van der Waals surface area contributed by atoms with E-state index in [0.29, 0.717) is 0 Å². The van der Waals surface area contributed by atoms with Crippen molar-refractivity contribution in [1.82, 2.24) is 4.98 Å². The van der Waals surface area contributed by atoms with Gasteiger partial charge in [-0.05, 0) is 91.7 Å². The lowest BCUT2D eigenvalue weighted by atomic mass is 9.67. The van der Waals surface area contributed by atoms with Gasteiger partial charge in [-0.1, -0.05) is 121 Å². The van der Waals surface area contributed by atoms with Gasteiger partial charge in [0.05, 0.1) is 5.41 Å². The van der Waals surface area contributed by atoms with E-state index in [-0.39, 0.29) is 5.41 Å². The van der Waals surface area contributed by atoms with Crippen molar-refractivity contribution in [1.29, 1.82) is 0 Å². The molecule has 1 aliphatic carbocycles. The number of para-hydroxylation sites is 1. The van der Waals surface area contributed by atoms with E-state index < -0.39 is 0 Å². The molecule has 0 radical (unpaired) electrons. The molecule has 1 aromatic heterocycles. The minimum absolute atomic E-state index is 0.369. The summed E-state index contributed by atoms with van der Waals surface area (Å²) < 4.78 is 0. The fourth-order valence-electron chi connectivity index (χ4n) is 7.88. The maximum atomic E-state index is 3.59. The Morgan fingerprint density at radius 1 is 0.442 bits per heavy atom. The maximum absolute atomic E-state index is 3.59. The van der Waals surface area contributed by atoms with Crippen molar-refractivity contribution in [2.24, 2.45) is 0 Å². The first-order chi connectivity index (χ1) is 21.3. The molecule has 1 nitrogen and oxygen atoms in total. The summed E-state index contributed by atoms with van der Waals surface area (Å²) in [6, 6.07) is 54.3. The highest BCUT2D eigenvalue weighted by molar-refractivity contribution is 7.99. The van der Waals surface area contributed by atoms with E-state index in [1.165, 1.54) is 86.9 Å². The molecule has 10 rings (SSSR count). The van der Waals surface area contributed by atoms with Crippen LogP contribution in [0.5, 0.6) is 0 Å². The van der Waals surface area contributed by atoms with Gasteiger partial charge in [-0.15, -0.1) is 0 Å². The van der Waals surface area contributed by atoms with Crippen LogP contribution in [0.1, 0.15) is 22.3 Å². The summed E-state index contributed by atoms with van der Waals surface area (Å²) in [6.07, 6.45) is 0. The number of aromatic nitrogens is 1. The van der Waals surface area contributed by atoms with Gasteiger partial charge >= 0.3 is 0 Å². The second-order valence-electron chi connectivity index (χ2n) is 11.7. The minimum Gasteiger partial charge on any atom is -0.355 e. The normalized spacial score (nSPS) is 14.1. The average molecular weight is 564 g/mol. The lowest BCUT2D eigenvalue weighted by Crippen LogP contribution is -2.31. The maximum Gasteiger partial charge on any atom is 0.0735 e. The van der Waals surface area contributed by atoms with Crippen LogP contribution in [0, 0.1) is 0 Å². The van der Waals surface area contributed by atoms with Gasteiger partial charge < -0.3 is 4.98 Å². The van der Waals surface area contributed by atoms with E-state index in [1.807, 2.05) is 11.8 Å². The Bertz CT molecular complexity index is 2400. The lowest BCUT2D eigenvalue weighted by molar-refractivity contribution is 0.723. The molecule has 8 aromatic rings. The number of hydrogen-bond donors (Lipinski definition) is 1. The van der Waals surface area contributed by atoms with E-state index in [9.17, 15) is 0 Å². The first kappa shape index (κ1) is 23.5. The molecule has 43 heavy (non-hydrogen) atoms. The van der Waals surface area contributed by atoms with Crippen LogP contribution in [-0.4, -0.2) is 4.98 Å². The number of nitrogens with one attached hydrogen (secondary N) is 1. The van der Waals surface area contributed by atoms with Crippen molar-refractivity contribution in [3.05, 3.63) is 168 Å². The number of hydrogen-bond acceptors (Lipinski definition) is 1. The van der Waals surface area contributed by atoms with Crippen LogP contribution in [0.4, 0.5) is 0 Å². The second kappa shape index (κ2) is 8.50. The Balaban J connectivity index is 1.31. The Morgan fingerprint density at radius 3 is 1.91 bits per heavy atom. The molecule has 0 saturated heterocycles. The van der Waals surface area contributed by atoms with E-state index in [2.05, 4.69) is 151 Å². The standard InChI is InChI=1S/C41H25NS/c1-2-10-28-25(9-1)17-21-35-40(28)31-24-26(27-19-22-37-30(23-27)29-11-3-6-14-36(29)42-37)18-20-32(31)41(35)33-12-4-7-15-38(33)43-39-16-8-5-13-34(39)41/h1-24,42H. The molecule has 0 amide bonds. The molecular formula is C41H25NS. The zero-order chi connectivity index (χ0) is 28.1. The predicted octanol–water partition coefficient (Wildman–Crippen LogP) is 11.0. The lowest BCUT2D eigenvalue weighted by Gasteiger charge is -2.39. The number of H-pyrrole nitrogens is 1. The molecule has 2 heteroatoms. The molecule has 1 spiro atoms. The summed E-state index contributed by atoms with van der Waals surface area (Å²) in [5, 5.41) is 5.13. The highest BCUT2D eigenvalue weighted by Gasteiger charge is 2.50. The van der Waals surface area contributed by atoms with Crippen molar-refractivity contribution in [2.45, 2.75) is 15.2 Å². The zero-order valence-electron chi connectivity index (χ0n) is 23.3. The Kier molecular flexibility index (Phi) is 4.65. The van der Waals surface area contributed by atoms with Crippen molar-refractivity contribution in [3.8, 4) is 22.3 Å². The Labute approximate surface area is 253 Å². The Hall–Kier alpha value is -5.05. The molecule has 0 saturated carbocycles. The van der Waals surface area contributed by atoms with Gasteiger partial charge in [0.25, 0.3) is 0 Å². The highest BCUT2D eigenvalue weighted by Crippen LogP contribution is 2.63. The Morgan fingerprint density at radius 2 is 1.07 bits per heavy atom. The van der Waals surface area contributed by atoms with Gasteiger partial charge in [-0.2, -0.15) is 0 Å². The largest absolute Gasteiger partial charge is 0.355 e. The van der Waals surface area contributed by atoms with Gasteiger partial charge in [-0.3, -0.25) is 0 Å². The van der Waals surface area contributed by atoms with E-state index in [4.69, 9.17) is 0 Å². The summed E-state index contributed by atoms with van der Waals surface area (Å²) >= 11 is 1.90. The molecule has 0 atom stereocenters. The summed E-state index contributed by atoms with van der Waals surface area (Å²) in [5.74, 6) is 0. The van der Waals surface area contributed by atoms with E-state index >= 15 is 0 Å². The molecule has 0 bridgehead atoms. The van der Waals surface area contributed by atoms with Crippen LogP contribution >= 0.6 is 11.8 Å². The topological polar surface area (TPSA) is 15.8 Å². The highest BCUT2D eigenvalue weighted by atomic mass is 32.2. The van der Waals surface area contributed by atoms with E-state index in [0.717, 1.165) is 0 Å². The molecule has 1 aliphatic heterocycles. The van der Waals surface area contributed by atoms with Crippen molar-refractivity contribution in [3.63, 3.8) is 0 Å². The van der Waals surface area contributed by atoms with Crippen molar-refractivity contribution in [2.75, 3.05) is 0 Å². The molecule has 0 unspecified atom stereocenters. The van der Waals surface area contributed by atoms with Crippen LogP contribution in [-0.2, 0) is 5.41 Å². The molecule has 7 aromatic carbocycles. The number of aromatic amines is 1. The van der Waals surface area contributed by atoms with Gasteiger partial charge in [0.2, 0.25) is 0 Å². The molecule has 2 aliphatic rings. The quantitative estimate of drug-likeness (QED) is 0.210. The van der Waals surface area contributed by atoms with Gasteiger partial charge in [-0.25, -0.2) is 0 Å². The minimum atomic E-state index is -0.369. The monoisotopic (exact) mass is 563 g/mol. The number of fused-ring (bicyclic) bond motifs is 14. The van der Waals surface area contributed by atoms with Crippen LogP contribution in [0.2, 0.25) is 0 Å². The van der Waals surface area contributed by atoms with Crippen molar-refractivity contribution >= 4 is 44.3 Å². The van der Waals surface area contributed by atoms with Crippen LogP contribution in [0.3, 0.4) is 0 Å². The number of benzene rings is 7. The predicted molar refractivity (Wildman–Crippen MR) is 180 cm³/mol. The third-order valence-corrected chi connectivity index (χ3v) is 10.8. The fourth-order valence-corrected chi connectivity index (χ4v) is 9.07. The number of rotatable bonds is 1. The molecular weight excluding hydrogens is 539 g/mol. The molecule has 1 N–H and O–H groups in total. The first-order valence-corrected chi connectivity index (χ1v) is 15.7. The molecule has 2 heterocycles. The summed E-state index contributed by atoms with van der Waals surface area (Å²) in [4.78, 5) is 6.26.